The minimum Gasteiger partial charge on any atom is -0.348 e. The molecule has 0 saturated heterocycles. The van der Waals surface area contributed by atoms with Gasteiger partial charge in [-0.2, -0.15) is 5.21 Å². The highest BCUT2D eigenvalue weighted by molar-refractivity contribution is 5.01. The SMILES string of the molecule is NC(Cc1cnc[nH]1)c1nn[nH]n1. The first-order valence-electron chi connectivity index (χ1n) is 3.82. The van der Waals surface area contributed by atoms with Crippen LogP contribution in [-0.2, 0) is 6.42 Å². The topological polar surface area (TPSA) is 109 Å². The molecule has 4 N–H and O–H groups in total. The third kappa shape index (κ3) is 1.70. The number of rotatable bonds is 3. The van der Waals surface area contributed by atoms with Crippen molar-refractivity contribution >= 4 is 0 Å². The van der Waals surface area contributed by atoms with Crippen molar-refractivity contribution in [1.29, 1.82) is 0 Å². The molecule has 7 heteroatoms. The molecule has 0 saturated carbocycles. The van der Waals surface area contributed by atoms with E-state index in [0.29, 0.717) is 12.2 Å². The van der Waals surface area contributed by atoms with Crippen molar-refractivity contribution in [2.24, 2.45) is 5.73 Å². The van der Waals surface area contributed by atoms with Crippen molar-refractivity contribution in [2.45, 2.75) is 12.5 Å². The number of hydrogen-bond donors (Lipinski definition) is 3. The van der Waals surface area contributed by atoms with E-state index in [4.69, 9.17) is 5.73 Å². The molecule has 68 valence electrons. The fourth-order valence-corrected chi connectivity index (χ4v) is 1.05. The second-order valence-electron chi connectivity index (χ2n) is 2.66. The third-order valence-corrected chi connectivity index (χ3v) is 1.69. The van der Waals surface area contributed by atoms with Gasteiger partial charge >= 0.3 is 0 Å². The average Bonchev–Trinajstić information content (AvgIpc) is 2.74. The van der Waals surface area contributed by atoms with Gasteiger partial charge in [0.15, 0.2) is 5.82 Å². The van der Waals surface area contributed by atoms with E-state index in [-0.39, 0.29) is 6.04 Å². The molecule has 0 aromatic carbocycles. The number of hydrogen-bond acceptors (Lipinski definition) is 5. The summed E-state index contributed by atoms with van der Waals surface area (Å²) in [4.78, 5) is 6.83. The maximum absolute atomic E-state index is 5.80. The summed E-state index contributed by atoms with van der Waals surface area (Å²) >= 11 is 0. The normalized spacial score (nSPS) is 13.0. The Labute approximate surface area is 73.8 Å². The molecule has 0 amide bonds. The second kappa shape index (κ2) is 3.31. The van der Waals surface area contributed by atoms with Crippen LogP contribution in [0.15, 0.2) is 12.5 Å². The summed E-state index contributed by atoms with van der Waals surface area (Å²) in [5.74, 6) is 0.509. The highest BCUT2D eigenvalue weighted by Crippen LogP contribution is 2.07. The smallest absolute Gasteiger partial charge is 0.191 e. The molecular formula is C6H9N7. The van der Waals surface area contributed by atoms with E-state index < -0.39 is 0 Å². The number of imidazole rings is 1. The fraction of sp³-hybridized carbons (Fsp3) is 0.333. The van der Waals surface area contributed by atoms with Gasteiger partial charge in [-0.15, -0.1) is 10.2 Å². The molecular weight excluding hydrogens is 170 g/mol. The summed E-state index contributed by atoms with van der Waals surface area (Å²) in [6.07, 6.45) is 3.96. The second-order valence-corrected chi connectivity index (χ2v) is 2.66. The van der Waals surface area contributed by atoms with Crippen LogP contribution < -0.4 is 5.73 Å². The number of H-pyrrole nitrogens is 2. The minimum absolute atomic E-state index is 0.251. The predicted molar refractivity (Wildman–Crippen MR) is 43.4 cm³/mol. The molecule has 1 atom stereocenters. The summed E-state index contributed by atoms with van der Waals surface area (Å²) in [6, 6.07) is -0.251. The number of aromatic amines is 2. The fourth-order valence-electron chi connectivity index (χ4n) is 1.05. The van der Waals surface area contributed by atoms with Gasteiger partial charge in [-0.05, 0) is 0 Å². The van der Waals surface area contributed by atoms with E-state index in [0.717, 1.165) is 5.69 Å². The van der Waals surface area contributed by atoms with Gasteiger partial charge in [-0.1, -0.05) is 5.21 Å². The molecule has 7 nitrogen and oxygen atoms in total. The third-order valence-electron chi connectivity index (χ3n) is 1.69. The van der Waals surface area contributed by atoms with Gasteiger partial charge in [0.25, 0.3) is 0 Å². The first kappa shape index (κ1) is 7.87. The zero-order valence-electron chi connectivity index (χ0n) is 6.81. The van der Waals surface area contributed by atoms with Crippen molar-refractivity contribution < 1.29 is 0 Å². The van der Waals surface area contributed by atoms with Gasteiger partial charge in [0.05, 0.1) is 12.4 Å². The molecule has 0 aliphatic rings. The molecule has 0 aliphatic heterocycles. The summed E-state index contributed by atoms with van der Waals surface area (Å²) in [5, 5.41) is 13.4. The van der Waals surface area contributed by atoms with Crippen LogP contribution in [0, 0.1) is 0 Å². The Bertz CT molecular complexity index is 337. The summed E-state index contributed by atoms with van der Waals surface area (Å²) in [6.45, 7) is 0. The Kier molecular flexibility index (Phi) is 2.01. The molecule has 0 fully saturated rings. The Hall–Kier alpha value is -1.76. The van der Waals surface area contributed by atoms with Crippen molar-refractivity contribution in [2.75, 3.05) is 0 Å². The van der Waals surface area contributed by atoms with Crippen molar-refractivity contribution in [1.82, 2.24) is 30.6 Å². The van der Waals surface area contributed by atoms with Gasteiger partial charge in [0.2, 0.25) is 0 Å². The number of nitrogens with zero attached hydrogens (tertiary/aromatic N) is 4. The van der Waals surface area contributed by atoms with Crippen LogP contribution in [0.2, 0.25) is 0 Å². The van der Waals surface area contributed by atoms with Crippen molar-refractivity contribution in [3.05, 3.63) is 24.0 Å². The van der Waals surface area contributed by atoms with E-state index in [2.05, 4.69) is 30.6 Å². The number of aromatic nitrogens is 6. The zero-order valence-corrected chi connectivity index (χ0v) is 6.81. The first-order valence-corrected chi connectivity index (χ1v) is 3.82. The summed E-state index contributed by atoms with van der Waals surface area (Å²) in [5.41, 5.74) is 6.75. The van der Waals surface area contributed by atoms with Crippen LogP contribution in [0.25, 0.3) is 0 Å². The largest absolute Gasteiger partial charge is 0.348 e. The summed E-state index contributed by atoms with van der Waals surface area (Å²) < 4.78 is 0. The number of nitrogens with two attached hydrogens (primary N) is 1. The highest BCUT2D eigenvalue weighted by Gasteiger charge is 2.11. The number of nitrogens with one attached hydrogen (secondary N) is 2. The van der Waals surface area contributed by atoms with E-state index in [1.165, 1.54) is 0 Å². The molecule has 0 bridgehead atoms. The van der Waals surface area contributed by atoms with Crippen LogP contribution in [-0.4, -0.2) is 30.6 Å². The van der Waals surface area contributed by atoms with E-state index >= 15 is 0 Å². The lowest BCUT2D eigenvalue weighted by molar-refractivity contribution is 0.660. The van der Waals surface area contributed by atoms with Crippen molar-refractivity contribution in [3.8, 4) is 0 Å². The van der Waals surface area contributed by atoms with Gasteiger partial charge in [-0.25, -0.2) is 4.98 Å². The lowest BCUT2D eigenvalue weighted by Crippen LogP contribution is -2.15. The Morgan fingerprint density at radius 3 is 3.08 bits per heavy atom. The standard InChI is InChI=1S/C6H9N7/c7-5(6-10-12-13-11-6)1-4-2-8-3-9-4/h2-3,5H,1,7H2,(H,8,9)(H,10,11,12,13). The lowest BCUT2D eigenvalue weighted by Gasteiger charge is -2.03. The Balaban J connectivity index is 2.04. The van der Waals surface area contributed by atoms with Crippen LogP contribution in [0.1, 0.15) is 17.6 Å². The van der Waals surface area contributed by atoms with Crippen LogP contribution in [0.4, 0.5) is 0 Å². The van der Waals surface area contributed by atoms with Crippen LogP contribution >= 0.6 is 0 Å². The Morgan fingerprint density at radius 2 is 2.46 bits per heavy atom. The molecule has 0 spiro atoms. The molecule has 2 rings (SSSR count). The molecule has 2 aromatic rings. The first-order chi connectivity index (χ1) is 6.36. The minimum atomic E-state index is -0.251. The lowest BCUT2D eigenvalue weighted by atomic mass is 10.2. The maximum atomic E-state index is 5.80. The number of tetrazole rings is 1. The quantitative estimate of drug-likeness (QED) is 0.569. The maximum Gasteiger partial charge on any atom is 0.191 e. The van der Waals surface area contributed by atoms with Gasteiger partial charge in [0, 0.05) is 18.3 Å². The van der Waals surface area contributed by atoms with E-state index in [1.807, 2.05) is 0 Å². The van der Waals surface area contributed by atoms with Crippen LogP contribution in [0.5, 0.6) is 0 Å². The van der Waals surface area contributed by atoms with Crippen LogP contribution in [0.3, 0.4) is 0 Å². The molecule has 0 radical (unpaired) electrons. The van der Waals surface area contributed by atoms with Gasteiger partial charge in [-0.3, -0.25) is 0 Å². The average molecular weight is 179 g/mol. The molecule has 13 heavy (non-hydrogen) atoms. The van der Waals surface area contributed by atoms with E-state index in [9.17, 15) is 0 Å². The van der Waals surface area contributed by atoms with Gasteiger partial charge < -0.3 is 10.7 Å². The molecule has 2 heterocycles. The summed E-state index contributed by atoms with van der Waals surface area (Å²) in [7, 11) is 0. The highest BCUT2D eigenvalue weighted by atomic mass is 15.5. The monoisotopic (exact) mass is 179 g/mol. The zero-order chi connectivity index (χ0) is 9.10. The Morgan fingerprint density at radius 1 is 1.54 bits per heavy atom. The molecule has 1 unspecified atom stereocenters. The molecule has 2 aromatic heterocycles. The van der Waals surface area contributed by atoms with Crippen molar-refractivity contribution in [3.63, 3.8) is 0 Å². The molecule has 0 aliphatic carbocycles. The van der Waals surface area contributed by atoms with Gasteiger partial charge in [0.1, 0.15) is 0 Å². The van der Waals surface area contributed by atoms with E-state index in [1.54, 1.807) is 12.5 Å². The predicted octanol–water partition coefficient (Wildman–Crippen LogP) is -0.835.